The molecule has 1 heterocycles. The summed E-state index contributed by atoms with van der Waals surface area (Å²) in [5.74, 6) is -1.08. The quantitative estimate of drug-likeness (QED) is 0.805. The highest BCUT2D eigenvalue weighted by molar-refractivity contribution is 5.86. The molecule has 1 aromatic rings. The van der Waals surface area contributed by atoms with E-state index in [1.165, 1.54) is 0 Å². The summed E-state index contributed by atoms with van der Waals surface area (Å²) in [6, 6.07) is 1.87. The molecule has 2 atom stereocenters. The van der Waals surface area contributed by atoms with E-state index >= 15 is 0 Å². The largest absolute Gasteiger partial charge is 0.481 e. The monoisotopic (exact) mass is 294 g/mol. The lowest BCUT2D eigenvalue weighted by molar-refractivity contribution is -0.152. The fraction of sp³-hybridized carbons (Fsp3) is 0.667. The molecule has 0 aromatic carbocycles. The van der Waals surface area contributed by atoms with Crippen LogP contribution in [0.1, 0.15) is 56.9 Å². The van der Waals surface area contributed by atoms with E-state index in [1.54, 1.807) is 0 Å². The summed E-state index contributed by atoms with van der Waals surface area (Å²) in [6.45, 7) is 4.47. The second-order valence-electron chi connectivity index (χ2n) is 5.58. The Morgan fingerprint density at radius 1 is 1.38 bits per heavy atom. The van der Waals surface area contributed by atoms with Gasteiger partial charge in [-0.05, 0) is 25.7 Å². The minimum atomic E-state index is -0.892. The molecule has 6 nitrogen and oxygen atoms in total. The van der Waals surface area contributed by atoms with Crippen LogP contribution in [0.4, 0.5) is 0 Å². The summed E-state index contributed by atoms with van der Waals surface area (Å²) in [5, 5.41) is 15.7. The molecule has 2 unspecified atom stereocenters. The van der Waals surface area contributed by atoms with Gasteiger partial charge in [0.05, 0.1) is 24.1 Å². The first-order chi connectivity index (χ1) is 10.1. The van der Waals surface area contributed by atoms with Crippen molar-refractivity contribution in [2.75, 3.05) is 0 Å². The number of hydrogen-bond acceptors (Lipinski definition) is 4. The minimum Gasteiger partial charge on any atom is -0.481 e. The molecule has 0 saturated heterocycles. The number of aromatic nitrogens is 1. The minimum absolute atomic E-state index is 0.214. The number of hydrogen-bond donors (Lipinski definition) is 2. The molecule has 6 heteroatoms. The Bertz CT molecular complexity index is 508. The van der Waals surface area contributed by atoms with Crippen LogP contribution in [0.15, 0.2) is 10.6 Å². The lowest BCUT2D eigenvalue weighted by Crippen LogP contribution is -2.43. The van der Waals surface area contributed by atoms with Gasteiger partial charge in [0, 0.05) is 12.0 Å². The molecule has 1 saturated carbocycles. The Kier molecular flexibility index (Phi) is 4.98. The van der Waals surface area contributed by atoms with Gasteiger partial charge in [0.2, 0.25) is 5.91 Å². The van der Waals surface area contributed by atoms with Crippen molar-refractivity contribution in [2.45, 2.75) is 52.0 Å². The number of nitrogens with one attached hydrogen (secondary N) is 1. The zero-order valence-corrected chi connectivity index (χ0v) is 12.5. The van der Waals surface area contributed by atoms with Crippen molar-refractivity contribution in [1.82, 2.24) is 10.5 Å². The molecular weight excluding hydrogens is 272 g/mol. The molecular formula is C15H22N2O4. The third-order valence-electron chi connectivity index (χ3n) is 4.35. The number of amides is 1. The van der Waals surface area contributed by atoms with Gasteiger partial charge in [0.25, 0.3) is 0 Å². The Hall–Kier alpha value is -1.85. The van der Waals surface area contributed by atoms with Gasteiger partial charge < -0.3 is 14.9 Å². The SMILES string of the molecule is CCC(CC)c1cc(CNC(=O)C2CCC2C(=O)O)on1. The Morgan fingerprint density at radius 3 is 2.57 bits per heavy atom. The molecule has 1 aromatic heterocycles. The number of aliphatic carboxylic acids is 1. The fourth-order valence-electron chi connectivity index (χ4n) is 2.73. The summed E-state index contributed by atoms with van der Waals surface area (Å²) in [7, 11) is 0. The normalized spacial score (nSPS) is 21.1. The van der Waals surface area contributed by atoms with Gasteiger partial charge in [0.1, 0.15) is 0 Å². The van der Waals surface area contributed by atoms with E-state index in [-0.39, 0.29) is 12.5 Å². The molecule has 2 N–H and O–H groups in total. The third kappa shape index (κ3) is 3.43. The molecule has 1 aliphatic carbocycles. The Morgan fingerprint density at radius 2 is 2.05 bits per heavy atom. The molecule has 1 fully saturated rings. The Labute approximate surface area is 123 Å². The lowest BCUT2D eigenvalue weighted by Gasteiger charge is -2.31. The first-order valence-corrected chi connectivity index (χ1v) is 7.52. The highest BCUT2D eigenvalue weighted by Crippen LogP contribution is 2.34. The number of carboxylic acid groups (broad SMARTS) is 1. The van der Waals surface area contributed by atoms with Crippen LogP contribution in [0.3, 0.4) is 0 Å². The van der Waals surface area contributed by atoms with Gasteiger partial charge in [-0.25, -0.2) is 0 Å². The van der Waals surface area contributed by atoms with E-state index in [1.807, 2.05) is 6.07 Å². The maximum Gasteiger partial charge on any atom is 0.307 e. The third-order valence-corrected chi connectivity index (χ3v) is 4.35. The van der Waals surface area contributed by atoms with Gasteiger partial charge in [0.15, 0.2) is 5.76 Å². The van der Waals surface area contributed by atoms with Crippen molar-refractivity contribution in [1.29, 1.82) is 0 Å². The average Bonchev–Trinajstić information content (AvgIpc) is 2.84. The van der Waals surface area contributed by atoms with Crippen molar-refractivity contribution in [2.24, 2.45) is 11.8 Å². The molecule has 1 aliphatic rings. The van der Waals surface area contributed by atoms with E-state index in [2.05, 4.69) is 24.3 Å². The maximum atomic E-state index is 11.9. The summed E-state index contributed by atoms with van der Waals surface area (Å²) in [6.07, 6.45) is 3.21. The van der Waals surface area contributed by atoms with E-state index in [9.17, 15) is 9.59 Å². The molecule has 0 aliphatic heterocycles. The van der Waals surface area contributed by atoms with Crippen molar-refractivity contribution in [3.63, 3.8) is 0 Å². The molecule has 1 amide bonds. The fourth-order valence-corrected chi connectivity index (χ4v) is 2.73. The second-order valence-corrected chi connectivity index (χ2v) is 5.58. The standard InChI is InChI=1S/C15H22N2O4/c1-3-9(4-2)13-7-10(21-17-13)8-16-14(18)11-5-6-12(11)15(19)20/h7,9,11-12H,3-6,8H2,1-2H3,(H,16,18)(H,19,20). The van der Waals surface area contributed by atoms with Gasteiger partial charge in [-0.3, -0.25) is 9.59 Å². The van der Waals surface area contributed by atoms with Crippen LogP contribution in [-0.4, -0.2) is 22.1 Å². The highest BCUT2D eigenvalue weighted by Gasteiger charge is 2.41. The van der Waals surface area contributed by atoms with Gasteiger partial charge in [-0.15, -0.1) is 0 Å². The summed E-state index contributed by atoms with van der Waals surface area (Å²) in [4.78, 5) is 22.8. The zero-order valence-electron chi connectivity index (χ0n) is 12.5. The molecule has 0 radical (unpaired) electrons. The molecule has 2 rings (SSSR count). The highest BCUT2D eigenvalue weighted by atomic mass is 16.5. The van der Waals surface area contributed by atoms with E-state index in [0.717, 1.165) is 18.5 Å². The number of nitrogens with zero attached hydrogens (tertiary/aromatic N) is 1. The van der Waals surface area contributed by atoms with Crippen LogP contribution >= 0.6 is 0 Å². The van der Waals surface area contributed by atoms with Crippen LogP contribution in [0.2, 0.25) is 0 Å². The summed E-state index contributed by atoms with van der Waals surface area (Å²) in [5.41, 5.74) is 0.913. The van der Waals surface area contributed by atoms with E-state index < -0.39 is 17.8 Å². The van der Waals surface area contributed by atoms with Crippen LogP contribution in [0.25, 0.3) is 0 Å². The lowest BCUT2D eigenvalue weighted by atomic mass is 9.73. The first-order valence-electron chi connectivity index (χ1n) is 7.52. The van der Waals surface area contributed by atoms with E-state index in [4.69, 9.17) is 9.63 Å². The Balaban J connectivity index is 1.86. The van der Waals surface area contributed by atoms with Gasteiger partial charge in [-0.1, -0.05) is 19.0 Å². The first kappa shape index (κ1) is 15.5. The predicted octanol–water partition coefficient (Wildman–Crippen LogP) is 2.31. The molecule has 0 bridgehead atoms. The van der Waals surface area contributed by atoms with Gasteiger partial charge >= 0.3 is 5.97 Å². The van der Waals surface area contributed by atoms with Crippen molar-refractivity contribution in [3.8, 4) is 0 Å². The van der Waals surface area contributed by atoms with Crippen molar-refractivity contribution < 1.29 is 19.2 Å². The maximum absolute atomic E-state index is 11.9. The number of rotatable bonds is 7. The molecule has 0 spiro atoms. The average molecular weight is 294 g/mol. The topological polar surface area (TPSA) is 92.4 Å². The molecule has 21 heavy (non-hydrogen) atoms. The van der Waals surface area contributed by atoms with Gasteiger partial charge in [-0.2, -0.15) is 0 Å². The van der Waals surface area contributed by atoms with Crippen LogP contribution in [0.5, 0.6) is 0 Å². The van der Waals surface area contributed by atoms with Crippen LogP contribution in [0, 0.1) is 11.8 Å². The molecule has 116 valence electrons. The van der Waals surface area contributed by atoms with Crippen LogP contribution < -0.4 is 5.32 Å². The zero-order chi connectivity index (χ0) is 15.4. The predicted molar refractivity (Wildman–Crippen MR) is 75.5 cm³/mol. The summed E-state index contributed by atoms with van der Waals surface area (Å²) >= 11 is 0. The van der Waals surface area contributed by atoms with Crippen molar-refractivity contribution in [3.05, 3.63) is 17.5 Å². The number of carbonyl (C=O) groups is 2. The van der Waals surface area contributed by atoms with E-state index in [0.29, 0.717) is 24.5 Å². The smallest absolute Gasteiger partial charge is 0.307 e. The second kappa shape index (κ2) is 6.74. The summed E-state index contributed by atoms with van der Waals surface area (Å²) < 4.78 is 5.22. The van der Waals surface area contributed by atoms with Crippen LogP contribution in [-0.2, 0) is 16.1 Å². The number of carboxylic acids is 1. The van der Waals surface area contributed by atoms with Crippen molar-refractivity contribution >= 4 is 11.9 Å². The number of carbonyl (C=O) groups excluding carboxylic acids is 1.